The van der Waals surface area contributed by atoms with E-state index in [0.29, 0.717) is 20.1 Å². The first-order chi connectivity index (χ1) is 9.40. The molecular weight excluding hydrogens is 336 g/mol. The Hall–Kier alpha value is -0.600. The summed E-state index contributed by atoms with van der Waals surface area (Å²) in [6, 6.07) is 9.37. The summed E-state index contributed by atoms with van der Waals surface area (Å²) in [4.78, 5) is 0. The monoisotopic (exact) mass is 347 g/mol. The van der Waals surface area contributed by atoms with Gasteiger partial charge in [-0.1, -0.05) is 58.5 Å². The summed E-state index contributed by atoms with van der Waals surface area (Å²) in [5.74, 6) is 0. The van der Waals surface area contributed by atoms with Crippen LogP contribution in [0.4, 0.5) is 5.69 Å². The molecule has 0 aliphatic heterocycles. The van der Waals surface area contributed by atoms with Crippen molar-refractivity contribution in [1.82, 2.24) is 0 Å². The largest absolute Gasteiger partial charge is 0.377 e. The molecule has 0 saturated heterocycles. The molecule has 20 heavy (non-hydrogen) atoms. The Morgan fingerprint density at radius 3 is 2.25 bits per heavy atom. The molecule has 0 bridgehead atoms. The zero-order chi connectivity index (χ0) is 14.9. The molecule has 0 saturated carbocycles. The first-order valence-electron chi connectivity index (χ1n) is 6.06. The fourth-order valence-corrected chi connectivity index (χ4v) is 2.81. The Morgan fingerprint density at radius 1 is 0.900 bits per heavy atom. The summed E-state index contributed by atoms with van der Waals surface area (Å²) in [6.07, 6.45) is 0. The summed E-state index contributed by atoms with van der Waals surface area (Å²) in [6.45, 7) is 4.00. The lowest BCUT2D eigenvalue weighted by molar-refractivity contribution is 0.885. The highest BCUT2D eigenvalue weighted by Crippen LogP contribution is 2.37. The molecule has 0 spiro atoms. The molecule has 106 valence electrons. The van der Waals surface area contributed by atoms with Crippen LogP contribution in [-0.2, 0) is 0 Å². The average molecular weight is 349 g/mol. The molecule has 0 radical (unpaired) electrons. The van der Waals surface area contributed by atoms with Crippen molar-refractivity contribution < 1.29 is 0 Å². The third kappa shape index (κ3) is 3.35. The van der Waals surface area contributed by atoms with Gasteiger partial charge >= 0.3 is 0 Å². The minimum Gasteiger partial charge on any atom is -0.377 e. The maximum atomic E-state index is 6.24. The number of nitrogens with one attached hydrogen (secondary N) is 1. The highest BCUT2D eigenvalue weighted by molar-refractivity contribution is 6.48. The molecular formula is C15H13Cl4N. The van der Waals surface area contributed by atoms with Crippen molar-refractivity contribution >= 4 is 52.1 Å². The molecule has 0 fully saturated rings. The number of rotatable bonds is 3. The van der Waals surface area contributed by atoms with E-state index in [2.05, 4.69) is 5.32 Å². The Labute approximate surface area is 138 Å². The lowest BCUT2D eigenvalue weighted by Gasteiger charge is -2.19. The van der Waals surface area contributed by atoms with Crippen LogP contribution < -0.4 is 5.32 Å². The van der Waals surface area contributed by atoms with Crippen LogP contribution in [0, 0.1) is 6.92 Å². The lowest BCUT2D eigenvalue weighted by atomic mass is 10.1. The van der Waals surface area contributed by atoms with Gasteiger partial charge < -0.3 is 5.32 Å². The SMILES string of the molecule is Cc1ccc(Cl)c(NC(C)c2ccc(Cl)c(Cl)c2Cl)c1. The summed E-state index contributed by atoms with van der Waals surface area (Å²) in [5, 5.41) is 5.28. The molecule has 1 unspecified atom stereocenters. The fourth-order valence-electron chi connectivity index (χ4n) is 1.94. The van der Waals surface area contributed by atoms with Crippen LogP contribution >= 0.6 is 46.4 Å². The second-order valence-electron chi connectivity index (χ2n) is 4.61. The number of aryl methyl sites for hydroxylation is 1. The van der Waals surface area contributed by atoms with E-state index < -0.39 is 0 Å². The van der Waals surface area contributed by atoms with Crippen molar-refractivity contribution in [3.63, 3.8) is 0 Å². The molecule has 2 aromatic rings. The van der Waals surface area contributed by atoms with Gasteiger partial charge in [0.05, 0.1) is 31.8 Å². The fraction of sp³-hybridized carbons (Fsp3) is 0.200. The van der Waals surface area contributed by atoms with E-state index in [0.717, 1.165) is 16.8 Å². The van der Waals surface area contributed by atoms with E-state index >= 15 is 0 Å². The predicted octanol–water partition coefficient (Wildman–Crippen LogP) is 6.78. The Balaban J connectivity index is 2.31. The zero-order valence-electron chi connectivity index (χ0n) is 11.0. The maximum Gasteiger partial charge on any atom is 0.0782 e. The smallest absolute Gasteiger partial charge is 0.0782 e. The van der Waals surface area contributed by atoms with Crippen LogP contribution in [-0.4, -0.2) is 0 Å². The van der Waals surface area contributed by atoms with E-state index in [1.54, 1.807) is 6.07 Å². The molecule has 0 aliphatic rings. The average Bonchev–Trinajstić information content (AvgIpc) is 2.40. The Morgan fingerprint density at radius 2 is 1.55 bits per heavy atom. The molecule has 1 nitrogen and oxygen atoms in total. The normalized spacial score (nSPS) is 12.3. The number of anilines is 1. The zero-order valence-corrected chi connectivity index (χ0v) is 14.0. The first-order valence-corrected chi connectivity index (χ1v) is 7.57. The van der Waals surface area contributed by atoms with E-state index in [4.69, 9.17) is 46.4 Å². The number of halogens is 4. The first kappa shape index (κ1) is 15.8. The molecule has 2 aromatic carbocycles. The van der Waals surface area contributed by atoms with Crippen molar-refractivity contribution in [2.45, 2.75) is 19.9 Å². The molecule has 0 aromatic heterocycles. The number of hydrogen-bond acceptors (Lipinski definition) is 1. The summed E-state index contributed by atoms with van der Waals surface area (Å²) >= 11 is 24.4. The molecule has 1 N–H and O–H groups in total. The molecule has 1 atom stereocenters. The van der Waals surface area contributed by atoms with Gasteiger partial charge in [0.25, 0.3) is 0 Å². The highest BCUT2D eigenvalue weighted by Gasteiger charge is 2.15. The molecule has 5 heteroatoms. The van der Waals surface area contributed by atoms with Gasteiger partial charge in [0.1, 0.15) is 0 Å². The minimum absolute atomic E-state index is 0.0448. The van der Waals surface area contributed by atoms with Gasteiger partial charge in [0.15, 0.2) is 0 Å². The van der Waals surface area contributed by atoms with Gasteiger partial charge in [0.2, 0.25) is 0 Å². The summed E-state index contributed by atoms with van der Waals surface area (Å²) in [7, 11) is 0. The van der Waals surface area contributed by atoms with Crippen LogP contribution in [0.25, 0.3) is 0 Å². The van der Waals surface area contributed by atoms with E-state index in [1.165, 1.54) is 0 Å². The quantitative estimate of drug-likeness (QED) is 0.602. The molecule has 0 aliphatic carbocycles. The topological polar surface area (TPSA) is 12.0 Å². The minimum atomic E-state index is -0.0448. The van der Waals surface area contributed by atoms with Crippen LogP contribution in [0.5, 0.6) is 0 Å². The Bertz CT molecular complexity index is 640. The van der Waals surface area contributed by atoms with Gasteiger partial charge in [-0.15, -0.1) is 0 Å². The highest BCUT2D eigenvalue weighted by atomic mass is 35.5. The summed E-state index contributed by atoms with van der Waals surface area (Å²) < 4.78 is 0. The van der Waals surface area contributed by atoms with Crippen molar-refractivity contribution in [3.8, 4) is 0 Å². The van der Waals surface area contributed by atoms with Crippen LogP contribution in [0.1, 0.15) is 24.1 Å². The maximum absolute atomic E-state index is 6.24. The van der Waals surface area contributed by atoms with Gasteiger partial charge in [0, 0.05) is 0 Å². The van der Waals surface area contributed by atoms with Gasteiger partial charge in [-0.05, 0) is 43.2 Å². The van der Waals surface area contributed by atoms with Crippen molar-refractivity contribution in [1.29, 1.82) is 0 Å². The standard InChI is InChI=1S/C15H13Cl4N/c1-8-3-5-11(16)13(7-8)20-9(2)10-4-6-12(17)15(19)14(10)18/h3-7,9,20H,1-2H3. The van der Waals surface area contributed by atoms with Crippen LogP contribution in [0.2, 0.25) is 20.1 Å². The van der Waals surface area contributed by atoms with E-state index in [9.17, 15) is 0 Å². The second kappa shape index (κ2) is 6.44. The van der Waals surface area contributed by atoms with Crippen molar-refractivity contribution in [3.05, 3.63) is 61.5 Å². The van der Waals surface area contributed by atoms with Crippen molar-refractivity contribution in [2.24, 2.45) is 0 Å². The van der Waals surface area contributed by atoms with Gasteiger partial charge in [-0.25, -0.2) is 0 Å². The van der Waals surface area contributed by atoms with Gasteiger partial charge in [-0.2, -0.15) is 0 Å². The number of benzene rings is 2. The Kier molecular flexibility index (Phi) is 5.09. The third-order valence-corrected chi connectivity index (χ3v) is 4.66. The summed E-state index contributed by atoms with van der Waals surface area (Å²) in [5.41, 5.74) is 2.87. The van der Waals surface area contributed by atoms with Gasteiger partial charge in [-0.3, -0.25) is 0 Å². The van der Waals surface area contributed by atoms with Crippen LogP contribution in [0.15, 0.2) is 30.3 Å². The molecule has 0 amide bonds. The van der Waals surface area contributed by atoms with E-state index in [-0.39, 0.29) is 6.04 Å². The second-order valence-corrected chi connectivity index (χ2v) is 6.18. The predicted molar refractivity (Wildman–Crippen MR) is 89.7 cm³/mol. The van der Waals surface area contributed by atoms with Crippen molar-refractivity contribution in [2.75, 3.05) is 5.32 Å². The number of hydrogen-bond donors (Lipinski definition) is 1. The molecule has 2 rings (SSSR count). The lowest BCUT2D eigenvalue weighted by Crippen LogP contribution is -2.08. The molecule has 0 heterocycles. The third-order valence-electron chi connectivity index (χ3n) is 3.03. The van der Waals surface area contributed by atoms with Crippen LogP contribution in [0.3, 0.4) is 0 Å². The van der Waals surface area contributed by atoms with E-state index in [1.807, 2.05) is 38.1 Å².